The van der Waals surface area contributed by atoms with Gasteiger partial charge in [0.05, 0.1) is 7.11 Å². The van der Waals surface area contributed by atoms with E-state index in [1.54, 1.807) is 31.2 Å². The Balaban J connectivity index is 1.57. The molecule has 0 unspecified atom stereocenters. The largest absolute Gasteiger partial charge is 0.503 e. The van der Waals surface area contributed by atoms with Crippen LogP contribution in [-0.4, -0.2) is 35.1 Å². The maximum atomic E-state index is 12.4. The molecule has 0 aliphatic heterocycles. The van der Waals surface area contributed by atoms with Gasteiger partial charge >= 0.3 is 5.97 Å². The van der Waals surface area contributed by atoms with Crippen molar-refractivity contribution in [2.24, 2.45) is 0 Å². The zero-order valence-electron chi connectivity index (χ0n) is 17.9. The molecule has 0 fully saturated rings. The molecule has 32 heavy (non-hydrogen) atoms. The van der Waals surface area contributed by atoms with Crippen molar-refractivity contribution >= 4 is 11.9 Å². The van der Waals surface area contributed by atoms with Gasteiger partial charge in [0.1, 0.15) is 23.6 Å². The van der Waals surface area contributed by atoms with Gasteiger partial charge in [-0.15, -0.1) is 0 Å². The zero-order valence-corrected chi connectivity index (χ0v) is 17.9. The third-order valence-corrected chi connectivity index (χ3v) is 4.64. The standard InChI is InChI=1S/C24H24N2O6/c1-15(26-23(28)21-22(27)20(30-3)13-14-25-21)24(29)31-16(2)17-9-11-19(12-10-17)32-18-7-5-4-6-8-18/h4-16,27H,1-3H3,(H,26,28)/t15-,16-/m0/s1. The number of aromatic hydroxyl groups is 1. The lowest BCUT2D eigenvalue weighted by molar-refractivity contribution is -0.150. The summed E-state index contributed by atoms with van der Waals surface area (Å²) < 4.78 is 16.2. The first-order valence-electron chi connectivity index (χ1n) is 9.95. The molecule has 1 heterocycles. The fourth-order valence-corrected chi connectivity index (χ4v) is 2.87. The minimum absolute atomic E-state index is 0.105. The molecular weight excluding hydrogens is 412 g/mol. The summed E-state index contributed by atoms with van der Waals surface area (Å²) in [5, 5.41) is 12.5. The van der Waals surface area contributed by atoms with Gasteiger partial charge < -0.3 is 24.6 Å². The molecule has 1 aromatic heterocycles. The van der Waals surface area contributed by atoms with Crippen molar-refractivity contribution in [3.05, 3.63) is 78.1 Å². The predicted octanol–water partition coefficient (Wildman–Crippen LogP) is 4.01. The number of nitrogens with one attached hydrogen (secondary N) is 1. The summed E-state index contributed by atoms with van der Waals surface area (Å²) in [4.78, 5) is 28.7. The molecule has 1 amide bonds. The topological polar surface area (TPSA) is 107 Å². The molecule has 3 rings (SSSR count). The fraction of sp³-hybridized carbons (Fsp3) is 0.208. The number of methoxy groups -OCH3 is 1. The molecule has 2 N–H and O–H groups in total. The number of amides is 1. The maximum absolute atomic E-state index is 12.4. The van der Waals surface area contributed by atoms with Crippen molar-refractivity contribution in [2.75, 3.05) is 7.11 Å². The second-order valence-electron chi connectivity index (χ2n) is 6.97. The molecule has 3 aromatic rings. The van der Waals surface area contributed by atoms with Crippen molar-refractivity contribution in [3.8, 4) is 23.0 Å². The van der Waals surface area contributed by atoms with Crippen LogP contribution in [-0.2, 0) is 9.53 Å². The quantitative estimate of drug-likeness (QED) is 0.514. The van der Waals surface area contributed by atoms with Gasteiger partial charge in [0.25, 0.3) is 5.91 Å². The van der Waals surface area contributed by atoms with Gasteiger partial charge in [0, 0.05) is 12.3 Å². The SMILES string of the molecule is COc1ccnc(C(=O)N[C@@H](C)C(=O)O[C@@H](C)c2ccc(Oc3ccccc3)cc2)c1O. The second kappa shape index (κ2) is 10.3. The van der Waals surface area contributed by atoms with Crippen LogP contribution in [0.15, 0.2) is 66.9 Å². The van der Waals surface area contributed by atoms with Crippen molar-refractivity contribution in [1.82, 2.24) is 10.3 Å². The van der Waals surface area contributed by atoms with Crippen LogP contribution in [0.2, 0.25) is 0 Å². The number of carbonyl (C=O) groups excluding carboxylic acids is 2. The van der Waals surface area contributed by atoms with Gasteiger partial charge in [0.15, 0.2) is 17.2 Å². The molecule has 0 saturated carbocycles. The number of nitrogens with zero attached hydrogens (tertiary/aromatic N) is 1. The minimum atomic E-state index is -0.960. The maximum Gasteiger partial charge on any atom is 0.328 e. The highest BCUT2D eigenvalue weighted by Gasteiger charge is 2.24. The van der Waals surface area contributed by atoms with E-state index in [-0.39, 0.29) is 11.4 Å². The molecule has 0 aliphatic carbocycles. The van der Waals surface area contributed by atoms with Crippen LogP contribution >= 0.6 is 0 Å². The number of rotatable bonds is 8. The summed E-state index contributed by atoms with van der Waals surface area (Å²) >= 11 is 0. The van der Waals surface area contributed by atoms with Crippen LogP contribution in [0.5, 0.6) is 23.0 Å². The van der Waals surface area contributed by atoms with E-state index in [0.29, 0.717) is 5.75 Å². The molecule has 8 heteroatoms. The van der Waals surface area contributed by atoms with E-state index in [4.69, 9.17) is 14.2 Å². The summed E-state index contributed by atoms with van der Waals surface area (Å²) in [5.41, 5.74) is 0.524. The van der Waals surface area contributed by atoms with Gasteiger partial charge in [-0.1, -0.05) is 30.3 Å². The third-order valence-electron chi connectivity index (χ3n) is 4.64. The average molecular weight is 436 g/mol. The van der Waals surface area contributed by atoms with Crippen molar-refractivity contribution < 1.29 is 28.9 Å². The normalized spacial score (nSPS) is 12.3. The van der Waals surface area contributed by atoms with Gasteiger partial charge in [-0.25, -0.2) is 9.78 Å². The lowest BCUT2D eigenvalue weighted by atomic mass is 10.1. The van der Waals surface area contributed by atoms with Gasteiger partial charge in [-0.05, 0) is 43.7 Å². The first kappa shape index (κ1) is 22.6. The molecule has 0 spiro atoms. The molecule has 2 atom stereocenters. The molecule has 0 aliphatic rings. The van der Waals surface area contributed by atoms with Gasteiger partial charge in [-0.2, -0.15) is 0 Å². The Labute approximate surface area is 185 Å². The van der Waals surface area contributed by atoms with Crippen LogP contribution in [0.1, 0.15) is 36.0 Å². The predicted molar refractivity (Wildman–Crippen MR) is 117 cm³/mol. The van der Waals surface area contributed by atoms with Gasteiger partial charge in [0.2, 0.25) is 0 Å². The Morgan fingerprint density at radius 3 is 2.28 bits per heavy atom. The van der Waals surface area contributed by atoms with Crippen molar-refractivity contribution in [2.45, 2.75) is 26.0 Å². The second-order valence-corrected chi connectivity index (χ2v) is 6.97. The molecule has 0 radical (unpaired) electrons. The van der Waals surface area contributed by atoms with Crippen LogP contribution in [0.3, 0.4) is 0 Å². The number of ether oxygens (including phenoxy) is 3. The average Bonchev–Trinajstić information content (AvgIpc) is 2.80. The Morgan fingerprint density at radius 1 is 0.969 bits per heavy atom. The molecule has 8 nitrogen and oxygen atoms in total. The number of pyridine rings is 1. The summed E-state index contributed by atoms with van der Waals surface area (Å²) in [6, 6.07) is 17.0. The zero-order chi connectivity index (χ0) is 23.1. The van der Waals surface area contributed by atoms with E-state index in [2.05, 4.69) is 10.3 Å². The number of para-hydroxylation sites is 1. The van der Waals surface area contributed by atoms with E-state index in [1.165, 1.54) is 26.3 Å². The Bertz CT molecular complexity index is 1070. The number of carbonyl (C=O) groups is 2. The molecule has 2 aromatic carbocycles. The fourth-order valence-electron chi connectivity index (χ4n) is 2.87. The summed E-state index contributed by atoms with van der Waals surface area (Å²) in [5.74, 6) is -0.266. The summed E-state index contributed by atoms with van der Waals surface area (Å²) in [6.45, 7) is 3.22. The Morgan fingerprint density at radius 2 is 1.62 bits per heavy atom. The van der Waals surface area contributed by atoms with E-state index >= 15 is 0 Å². The number of benzene rings is 2. The lowest BCUT2D eigenvalue weighted by Gasteiger charge is -2.18. The highest BCUT2D eigenvalue weighted by atomic mass is 16.5. The van der Waals surface area contributed by atoms with E-state index in [1.807, 2.05) is 30.3 Å². The van der Waals surface area contributed by atoms with E-state index in [0.717, 1.165) is 11.3 Å². The Hall–Kier alpha value is -4.07. The first-order chi connectivity index (χ1) is 15.4. The molecule has 166 valence electrons. The summed E-state index contributed by atoms with van der Waals surface area (Å²) in [6.07, 6.45) is 0.778. The number of esters is 1. The molecular formula is C24H24N2O6. The molecule has 0 saturated heterocycles. The monoisotopic (exact) mass is 436 g/mol. The van der Waals surface area contributed by atoms with E-state index in [9.17, 15) is 14.7 Å². The van der Waals surface area contributed by atoms with Crippen LogP contribution in [0.25, 0.3) is 0 Å². The number of aromatic nitrogens is 1. The third kappa shape index (κ3) is 5.54. The van der Waals surface area contributed by atoms with E-state index < -0.39 is 29.8 Å². The highest BCUT2D eigenvalue weighted by Crippen LogP contribution is 2.28. The minimum Gasteiger partial charge on any atom is -0.503 e. The number of hydrogen-bond acceptors (Lipinski definition) is 7. The number of hydrogen-bond donors (Lipinski definition) is 2. The van der Waals surface area contributed by atoms with Gasteiger partial charge in [-0.3, -0.25) is 4.79 Å². The molecule has 0 bridgehead atoms. The summed E-state index contributed by atoms with van der Waals surface area (Å²) in [7, 11) is 1.36. The Kier molecular flexibility index (Phi) is 7.28. The van der Waals surface area contributed by atoms with Crippen molar-refractivity contribution in [3.63, 3.8) is 0 Å². The van der Waals surface area contributed by atoms with Crippen molar-refractivity contribution in [1.29, 1.82) is 0 Å². The van der Waals surface area contributed by atoms with Crippen LogP contribution in [0, 0.1) is 0 Å². The van der Waals surface area contributed by atoms with Crippen LogP contribution in [0.4, 0.5) is 0 Å². The smallest absolute Gasteiger partial charge is 0.328 e. The first-order valence-corrected chi connectivity index (χ1v) is 9.95. The lowest BCUT2D eigenvalue weighted by Crippen LogP contribution is -2.40. The highest BCUT2D eigenvalue weighted by molar-refractivity contribution is 5.97. The van der Waals surface area contributed by atoms with Crippen LogP contribution < -0.4 is 14.8 Å².